The number of amides is 2. The highest BCUT2D eigenvalue weighted by molar-refractivity contribution is 7.13. The molecule has 0 aliphatic rings. The van der Waals surface area contributed by atoms with Crippen LogP contribution in [0.2, 0.25) is 0 Å². The third-order valence-corrected chi connectivity index (χ3v) is 4.65. The van der Waals surface area contributed by atoms with Gasteiger partial charge >= 0.3 is 6.03 Å². The van der Waals surface area contributed by atoms with Gasteiger partial charge in [0, 0.05) is 37.8 Å². The second kappa shape index (κ2) is 7.91. The lowest BCUT2D eigenvalue weighted by atomic mass is 10.3. The van der Waals surface area contributed by atoms with Crippen molar-refractivity contribution in [2.45, 2.75) is 13.3 Å². The summed E-state index contributed by atoms with van der Waals surface area (Å²) in [4.78, 5) is 24.9. The predicted octanol–water partition coefficient (Wildman–Crippen LogP) is 2.01. The molecule has 0 saturated heterocycles. The van der Waals surface area contributed by atoms with Gasteiger partial charge in [-0.05, 0) is 6.92 Å². The molecule has 0 atom stereocenters. The highest BCUT2D eigenvalue weighted by atomic mass is 32.1. The van der Waals surface area contributed by atoms with Crippen LogP contribution in [0.15, 0.2) is 24.0 Å². The summed E-state index contributed by atoms with van der Waals surface area (Å²) in [7, 11) is 3.31. The molecule has 3 heterocycles. The van der Waals surface area contributed by atoms with Crippen molar-refractivity contribution < 1.29 is 9.53 Å². The van der Waals surface area contributed by atoms with Crippen molar-refractivity contribution in [1.82, 2.24) is 30.0 Å². The van der Waals surface area contributed by atoms with E-state index in [4.69, 9.17) is 4.74 Å². The van der Waals surface area contributed by atoms with Gasteiger partial charge in [0.05, 0.1) is 24.7 Å². The number of hydrogen-bond acceptors (Lipinski definition) is 7. The van der Waals surface area contributed by atoms with Crippen LogP contribution in [0.4, 0.5) is 10.5 Å². The fourth-order valence-corrected chi connectivity index (χ4v) is 3.09. The molecule has 0 fully saturated rings. The van der Waals surface area contributed by atoms with Crippen LogP contribution >= 0.6 is 11.3 Å². The standard InChI is InChI=1S/C16H19N7O2S/c1-10-13(14(25-3)22-23(10)2)21-16(24)19-5-4-11-9-26-15(20-11)12-8-17-6-7-18-12/h6-9H,4-5H2,1-3H3,(H2,19,21,24). The van der Waals surface area contributed by atoms with Crippen LogP contribution < -0.4 is 15.4 Å². The Balaban J connectivity index is 1.52. The number of ether oxygens (including phenoxy) is 1. The highest BCUT2D eigenvalue weighted by Crippen LogP contribution is 2.26. The second-order valence-electron chi connectivity index (χ2n) is 5.46. The maximum Gasteiger partial charge on any atom is 0.319 e. The first-order chi connectivity index (χ1) is 12.6. The van der Waals surface area contributed by atoms with Crippen LogP contribution in [0.25, 0.3) is 10.7 Å². The Bertz CT molecular complexity index is 891. The van der Waals surface area contributed by atoms with Gasteiger partial charge in [-0.1, -0.05) is 0 Å². The quantitative estimate of drug-likeness (QED) is 0.684. The lowest BCUT2D eigenvalue weighted by Gasteiger charge is -2.07. The summed E-state index contributed by atoms with van der Waals surface area (Å²) in [6.45, 7) is 2.31. The number of urea groups is 1. The smallest absolute Gasteiger partial charge is 0.319 e. The molecule has 2 amide bonds. The Labute approximate surface area is 154 Å². The van der Waals surface area contributed by atoms with Crippen molar-refractivity contribution in [2.75, 3.05) is 19.0 Å². The van der Waals surface area contributed by atoms with E-state index < -0.39 is 0 Å². The molecule has 3 rings (SSSR count). The van der Waals surface area contributed by atoms with Crippen molar-refractivity contribution in [3.63, 3.8) is 0 Å². The van der Waals surface area contributed by atoms with Crippen molar-refractivity contribution >= 4 is 23.1 Å². The van der Waals surface area contributed by atoms with Gasteiger partial charge in [0.25, 0.3) is 5.88 Å². The first-order valence-electron chi connectivity index (χ1n) is 7.91. The number of thiazole rings is 1. The third kappa shape index (κ3) is 3.97. The number of carbonyl (C=O) groups excluding carboxylic acids is 1. The average molecular weight is 373 g/mol. The molecule has 136 valence electrons. The molecule has 0 unspecified atom stereocenters. The molecule has 26 heavy (non-hydrogen) atoms. The number of anilines is 1. The van der Waals surface area contributed by atoms with Crippen molar-refractivity contribution in [1.29, 1.82) is 0 Å². The maximum atomic E-state index is 12.1. The van der Waals surface area contributed by atoms with Gasteiger partial charge < -0.3 is 15.4 Å². The summed E-state index contributed by atoms with van der Waals surface area (Å²) < 4.78 is 6.82. The zero-order chi connectivity index (χ0) is 18.5. The zero-order valence-corrected chi connectivity index (χ0v) is 15.5. The van der Waals surface area contributed by atoms with Crippen LogP contribution in [0.3, 0.4) is 0 Å². The highest BCUT2D eigenvalue weighted by Gasteiger charge is 2.16. The largest absolute Gasteiger partial charge is 0.478 e. The molecule has 0 saturated carbocycles. The van der Waals surface area contributed by atoms with Gasteiger partial charge in [0.15, 0.2) is 0 Å². The van der Waals surface area contributed by atoms with Crippen LogP contribution in [-0.4, -0.2) is 44.4 Å². The number of nitrogens with one attached hydrogen (secondary N) is 2. The van der Waals surface area contributed by atoms with E-state index in [0.29, 0.717) is 24.5 Å². The van der Waals surface area contributed by atoms with Crippen LogP contribution in [0, 0.1) is 6.92 Å². The predicted molar refractivity (Wildman–Crippen MR) is 98.4 cm³/mol. The van der Waals surface area contributed by atoms with Crippen molar-refractivity contribution in [3.05, 3.63) is 35.4 Å². The topological polar surface area (TPSA) is 107 Å². The Morgan fingerprint density at radius 1 is 1.38 bits per heavy atom. The van der Waals surface area contributed by atoms with E-state index in [1.807, 2.05) is 12.3 Å². The van der Waals surface area contributed by atoms with Gasteiger partial charge in [-0.2, -0.15) is 0 Å². The number of hydrogen-bond donors (Lipinski definition) is 2. The number of aromatic nitrogens is 5. The van der Waals surface area contributed by atoms with E-state index in [2.05, 4.69) is 30.7 Å². The first kappa shape index (κ1) is 17.8. The summed E-state index contributed by atoms with van der Waals surface area (Å²) >= 11 is 1.50. The monoisotopic (exact) mass is 373 g/mol. The Morgan fingerprint density at radius 3 is 2.96 bits per heavy atom. The van der Waals surface area contributed by atoms with Crippen molar-refractivity contribution in [3.8, 4) is 16.6 Å². The lowest BCUT2D eigenvalue weighted by Crippen LogP contribution is -2.30. The molecule has 3 aromatic heterocycles. The lowest BCUT2D eigenvalue weighted by molar-refractivity contribution is 0.252. The zero-order valence-electron chi connectivity index (χ0n) is 14.7. The average Bonchev–Trinajstić information content (AvgIpc) is 3.22. The van der Waals surface area contributed by atoms with Gasteiger partial charge in [-0.15, -0.1) is 16.4 Å². The summed E-state index contributed by atoms with van der Waals surface area (Å²) in [5.41, 5.74) is 3.01. The van der Waals surface area contributed by atoms with Gasteiger partial charge in [-0.25, -0.2) is 9.78 Å². The van der Waals surface area contributed by atoms with Crippen LogP contribution in [0.5, 0.6) is 5.88 Å². The minimum atomic E-state index is -0.316. The van der Waals surface area contributed by atoms with E-state index in [9.17, 15) is 4.79 Å². The molecular formula is C16H19N7O2S. The second-order valence-corrected chi connectivity index (χ2v) is 6.32. The molecule has 0 radical (unpaired) electrons. The normalized spacial score (nSPS) is 10.6. The van der Waals surface area contributed by atoms with E-state index >= 15 is 0 Å². The van der Waals surface area contributed by atoms with E-state index in [1.165, 1.54) is 18.4 Å². The SMILES string of the molecule is COc1nn(C)c(C)c1NC(=O)NCCc1csc(-c2cnccn2)n1. The fraction of sp³-hybridized carbons (Fsp3) is 0.312. The van der Waals surface area contributed by atoms with E-state index in [1.54, 1.807) is 30.3 Å². The first-order valence-corrected chi connectivity index (χ1v) is 8.79. The summed E-state index contributed by atoms with van der Waals surface area (Å²) in [5.74, 6) is 0.383. The summed E-state index contributed by atoms with van der Waals surface area (Å²) in [5, 5.41) is 12.5. The number of carbonyl (C=O) groups is 1. The molecule has 0 spiro atoms. The molecule has 2 N–H and O–H groups in total. The third-order valence-electron chi connectivity index (χ3n) is 3.73. The Hall–Kier alpha value is -3.01. The molecule has 0 bridgehead atoms. The van der Waals surface area contributed by atoms with Gasteiger partial charge in [0.1, 0.15) is 16.4 Å². The molecule has 10 heteroatoms. The van der Waals surface area contributed by atoms with Crippen LogP contribution in [0.1, 0.15) is 11.4 Å². The van der Waals surface area contributed by atoms with Crippen LogP contribution in [-0.2, 0) is 13.5 Å². The fourth-order valence-electron chi connectivity index (χ4n) is 2.28. The van der Waals surface area contributed by atoms with Gasteiger partial charge in [-0.3, -0.25) is 14.6 Å². The summed E-state index contributed by atoms with van der Waals surface area (Å²) in [6, 6.07) is -0.316. The van der Waals surface area contributed by atoms with Gasteiger partial charge in [0.2, 0.25) is 0 Å². The molecule has 0 aromatic carbocycles. The Kier molecular flexibility index (Phi) is 5.42. The molecule has 3 aromatic rings. The number of rotatable bonds is 6. The number of aryl methyl sites for hydroxylation is 1. The number of nitrogens with zero attached hydrogens (tertiary/aromatic N) is 5. The minimum Gasteiger partial charge on any atom is -0.478 e. The van der Waals surface area contributed by atoms with E-state index in [-0.39, 0.29) is 6.03 Å². The van der Waals surface area contributed by atoms with Crippen molar-refractivity contribution in [2.24, 2.45) is 7.05 Å². The molecule has 0 aliphatic heterocycles. The maximum absolute atomic E-state index is 12.1. The molecule has 0 aliphatic carbocycles. The molecule has 9 nitrogen and oxygen atoms in total. The summed E-state index contributed by atoms with van der Waals surface area (Å²) in [6.07, 6.45) is 5.56. The van der Waals surface area contributed by atoms with E-state index in [0.717, 1.165) is 22.1 Å². The Morgan fingerprint density at radius 2 is 2.23 bits per heavy atom. The molecular weight excluding hydrogens is 354 g/mol. The minimum absolute atomic E-state index is 0.316. The number of methoxy groups -OCH3 is 1.